The normalized spacial score (nSPS) is 13.1. The summed E-state index contributed by atoms with van der Waals surface area (Å²) in [5.41, 5.74) is 4.79. The molecule has 0 spiro atoms. The monoisotopic (exact) mass is 402 g/mol. The molecule has 3 aromatic rings. The second-order valence-electron chi connectivity index (χ2n) is 7.06. The number of sulfonamides is 1. The van der Waals surface area contributed by atoms with Crippen molar-refractivity contribution in [3.8, 4) is 11.3 Å². The Labute approximate surface area is 165 Å². The van der Waals surface area contributed by atoms with Crippen molar-refractivity contribution in [2.24, 2.45) is 0 Å². The zero-order chi connectivity index (χ0) is 20.6. The lowest BCUT2D eigenvalue weighted by molar-refractivity contribution is 0.427. The van der Waals surface area contributed by atoms with Crippen LogP contribution in [0.3, 0.4) is 0 Å². The number of aryl methyl sites for hydroxylation is 4. The SMILES string of the molecule is CCn1nc(C)c([C@H](C)NS(=O)(=O)c2cc(-c3cc(C)no3)ccc2C)c1C. The number of nitrogens with zero attached hydrogens (tertiary/aromatic N) is 3. The van der Waals surface area contributed by atoms with Crippen LogP contribution in [0.4, 0.5) is 0 Å². The molecule has 0 amide bonds. The molecule has 2 heterocycles. The van der Waals surface area contributed by atoms with Gasteiger partial charge in [-0.25, -0.2) is 13.1 Å². The van der Waals surface area contributed by atoms with Crippen LogP contribution in [0.1, 0.15) is 48.1 Å². The van der Waals surface area contributed by atoms with Crippen molar-refractivity contribution in [1.82, 2.24) is 19.7 Å². The van der Waals surface area contributed by atoms with Gasteiger partial charge in [-0.1, -0.05) is 17.3 Å². The maximum absolute atomic E-state index is 13.1. The molecule has 28 heavy (non-hydrogen) atoms. The van der Waals surface area contributed by atoms with Crippen LogP contribution in [0, 0.1) is 27.7 Å². The summed E-state index contributed by atoms with van der Waals surface area (Å²) < 4.78 is 36.2. The van der Waals surface area contributed by atoms with Gasteiger partial charge in [-0.15, -0.1) is 0 Å². The van der Waals surface area contributed by atoms with Crippen LogP contribution in [0.15, 0.2) is 33.7 Å². The number of aromatic nitrogens is 3. The predicted octanol–water partition coefficient (Wildman–Crippen LogP) is 3.83. The molecule has 0 radical (unpaired) electrons. The summed E-state index contributed by atoms with van der Waals surface area (Å²) in [7, 11) is -3.74. The van der Waals surface area contributed by atoms with E-state index in [2.05, 4.69) is 15.0 Å². The quantitative estimate of drug-likeness (QED) is 0.677. The molecule has 1 N–H and O–H groups in total. The third-order valence-electron chi connectivity index (χ3n) is 4.89. The van der Waals surface area contributed by atoms with Crippen LogP contribution in [-0.2, 0) is 16.6 Å². The Bertz CT molecular complexity index is 1110. The van der Waals surface area contributed by atoms with E-state index in [1.54, 1.807) is 25.1 Å². The molecule has 0 unspecified atom stereocenters. The lowest BCUT2D eigenvalue weighted by atomic mass is 10.1. The maximum Gasteiger partial charge on any atom is 0.241 e. The number of benzene rings is 1. The summed E-state index contributed by atoms with van der Waals surface area (Å²) in [5, 5.41) is 8.36. The molecule has 1 atom stereocenters. The smallest absolute Gasteiger partial charge is 0.241 e. The molecule has 0 saturated heterocycles. The molecule has 8 heteroatoms. The largest absolute Gasteiger partial charge is 0.356 e. The minimum atomic E-state index is -3.74. The second-order valence-corrected chi connectivity index (χ2v) is 8.74. The van der Waals surface area contributed by atoms with Gasteiger partial charge in [0.2, 0.25) is 10.0 Å². The van der Waals surface area contributed by atoms with E-state index in [4.69, 9.17) is 4.52 Å². The van der Waals surface area contributed by atoms with E-state index >= 15 is 0 Å². The Kier molecular flexibility index (Phi) is 5.45. The second kappa shape index (κ2) is 7.52. The van der Waals surface area contributed by atoms with Crippen LogP contribution in [0.25, 0.3) is 11.3 Å². The molecule has 150 valence electrons. The van der Waals surface area contributed by atoms with E-state index in [1.807, 2.05) is 45.4 Å². The standard InChI is InChI=1S/C20H26N4O3S/c1-7-24-16(6)20(14(4)21-24)15(5)23-28(25,26)19-11-17(9-8-12(19)2)18-10-13(3)22-27-18/h8-11,15,23H,7H2,1-6H3/t15-/m0/s1. The van der Waals surface area contributed by atoms with E-state index < -0.39 is 16.1 Å². The van der Waals surface area contributed by atoms with Crippen LogP contribution < -0.4 is 4.72 Å². The summed E-state index contributed by atoms with van der Waals surface area (Å²) >= 11 is 0. The van der Waals surface area contributed by atoms with Gasteiger partial charge in [-0.2, -0.15) is 5.10 Å². The maximum atomic E-state index is 13.1. The van der Waals surface area contributed by atoms with Crippen molar-refractivity contribution < 1.29 is 12.9 Å². The molecule has 0 aliphatic carbocycles. The molecular formula is C20H26N4O3S. The fourth-order valence-corrected chi connectivity index (χ4v) is 5.03. The Morgan fingerprint density at radius 3 is 2.46 bits per heavy atom. The molecule has 0 saturated carbocycles. The van der Waals surface area contributed by atoms with Crippen molar-refractivity contribution >= 4 is 10.0 Å². The van der Waals surface area contributed by atoms with E-state index in [-0.39, 0.29) is 4.90 Å². The van der Waals surface area contributed by atoms with Crippen molar-refractivity contribution in [1.29, 1.82) is 0 Å². The van der Waals surface area contributed by atoms with Gasteiger partial charge < -0.3 is 4.52 Å². The first-order chi connectivity index (χ1) is 13.1. The lowest BCUT2D eigenvalue weighted by Gasteiger charge is -2.17. The Morgan fingerprint density at radius 2 is 1.89 bits per heavy atom. The topological polar surface area (TPSA) is 90.0 Å². The Balaban J connectivity index is 1.96. The van der Waals surface area contributed by atoms with Crippen molar-refractivity contribution in [3.63, 3.8) is 0 Å². The molecule has 0 fully saturated rings. The minimum absolute atomic E-state index is 0.226. The van der Waals surface area contributed by atoms with Gasteiger partial charge >= 0.3 is 0 Å². The van der Waals surface area contributed by atoms with Gasteiger partial charge in [0.05, 0.1) is 16.3 Å². The fraction of sp³-hybridized carbons (Fsp3) is 0.400. The highest BCUT2D eigenvalue weighted by atomic mass is 32.2. The number of nitrogens with one attached hydrogen (secondary N) is 1. The zero-order valence-electron chi connectivity index (χ0n) is 17.1. The molecule has 2 aromatic heterocycles. The molecule has 1 aromatic carbocycles. The Morgan fingerprint density at radius 1 is 1.18 bits per heavy atom. The van der Waals surface area contributed by atoms with Gasteiger partial charge in [0.25, 0.3) is 0 Å². The molecule has 0 aliphatic rings. The van der Waals surface area contributed by atoms with E-state index in [1.165, 1.54) is 0 Å². The summed E-state index contributed by atoms with van der Waals surface area (Å²) in [5.74, 6) is 0.540. The van der Waals surface area contributed by atoms with E-state index in [0.29, 0.717) is 16.9 Å². The van der Waals surface area contributed by atoms with Crippen LogP contribution >= 0.6 is 0 Å². The molecule has 3 rings (SSSR count). The minimum Gasteiger partial charge on any atom is -0.356 e. The van der Waals surface area contributed by atoms with E-state index in [0.717, 1.165) is 29.2 Å². The van der Waals surface area contributed by atoms with Gasteiger partial charge in [-0.3, -0.25) is 4.68 Å². The molecule has 0 bridgehead atoms. The van der Waals surface area contributed by atoms with Crippen molar-refractivity contribution in [2.75, 3.05) is 0 Å². The fourth-order valence-electron chi connectivity index (χ4n) is 3.54. The molecular weight excluding hydrogens is 376 g/mol. The van der Waals surface area contributed by atoms with Gasteiger partial charge in [0.1, 0.15) is 0 Å². The van der Waals surface area contributed by atoms with Gasteiger partial charge in [0.15, 0.2) is 5.76 Å². The highest BCUT2D eigenvalue weighted by Crippen LogP contribution is 2.28. The highest BCUT2D eigenvalue weighted by Gasteiger charge is 2.25. The highest BCUT2D eigenvalue weighted by molar-refractivity contribution is 7.89. The zero-order valence-corrected chi connectivity index (χ0v) is 17.9. The number of hydrogen-bond acceptors (Lipinski definition) is 5. The van der Waals surface area contributed by atoms with Crippen molar-refractivity contribution in [3.05, 3.63) is 52.5 Å². The molecule has 7 nitrogen and oxygen atoms in total. The molecule has 0 aliphatic heterocycles. The first-order valence-electron chi connectivity index (χ1n) is 9.24. The summed E-state index contributed by atoms with van der Waals surface area (Å²) in [6.45, 7) is 12.1. The summed E-state index contributed by atoms with van der Waals surface area (Å²) in [6, 6.07) is 6.61. The van der Waals surface area contributed by atoms with Crippen molar-refractivity contribution in [2.45, 2.75) is 59.0 Å². The average molecular weight is 403 g/mol. The lowest BCUT2D eigenvalue weighted by Crippen LogP contribution is -2.28. The Hall–Kier alpha value is -2.45. The van der Waals surface area contributed by atoms with Gasteiger partial charge in [-0.05, 0) is 53.2 Å². The predicted molar refractivity (Wildman–Crippen MR) is 108 cm³/mol. The average Bonchev–Trinajstić information content (AvgIpc) is 3.17. The van der Waals surface area contributed by atoms with Gasteiger partial charge in [0, 0.05) is 35.5 Å². The van der Waals surface area contributed by atoms with Crippen LogP contribution in [0.2, 0.25) is 0 Å². The first kappa shape index (κ1) is 20.3. The first-order valence-corrected chi connectivity index (χ1v) is 10.7. The third kappa shape index (κ3) is 3.74. The number of hydrogen-bond donors (Lipinski definition) is 1. The van der Waals surface area contributed by atoms with Crippen LogP contribution in [0.5, 0.6) is 0 Å². The van der Waals surface area contributed by atoms with E-state index in [9.17, 15) is 8.42 Å². The summed E-state index contributed by atoms with van der Waals surface area (Å²) in [6.07, 6.45) is 0. The van der Waals surface area contributed by atoms with Crippen LogP contribution in [-0.4, -0.2) is 23.4 Å². The third-order valence-corrected chi connectivity index (χ3v) is 6.57. The number of rotatable bonds is 6. The summed E-state index contributed by atoms with van der Waals surface area (Å²) in [4.78, 5) is 0.226.